The van der Waals surface area contributed by atoms with Gasteiger partial charge in [0.15, 0.2) is 0 Å². The molecule has 1 aromatic carbocycles. The third-order valence-electron chi connectivity index (χ3n) is 2.54. The number of thioether (sulfide) groups is 1. The highest BCUT2D eigenvalue weighted by molar-refractivity contribution is 7.99. The molecular weight excluding hydrogens is 224 g/mol. The standard InChI is InChI=1S/C12H16O3S/c13-6-10(14)7-16-8-11-5-9-3-1-2-4-12(9)15-11/h1-4,10-11,13-14H,5-8H2. The summed E-state index contributed by atoms with van der Waals surface area (Å²) in [5.74, 6) is 2.40. The van der Waals surface area contributed by atoms with Crippen molar-refractivity contribution < 1.29 is 14.9 Å². The molecule has 1 aliphatic rings. The fourth-order valence-electron chi connectivity index (χ4n) is 1.74. The fourth-order valence-corrected chi connectivity index (χ4v) is 2.70. The largest absolute Gasteiger partial charge is 0.489 e. The molecule has 2 unspecified atom stereocenters. The Balaban J connectivity index is 1.75. The first-order valence-corrected chi connectivity index (χ1v) is 6.56. The Hall–Kier alpha value is -0.710. The first-order valence-electron chi connectivity index (χ1n) is 5.41. The first-order chi connectivity index (χ1) is 7.79. The molecule has 2 N–H and O–H groups in total. The Bertz CT molecular complexity index is 318. The lowest BCUT2D eigenvalue weighted by Crippen LogP contribution is -2.20. The maximum absolute atomic E-state index is 9.19. The number of benzene rings is 1. The highest BCUT2D eigenvalue weighted by atomic mass is 32.2. The Kier molecular flexibility index (Phi) is 4.09. The van der Waals surface area contributed by atoms with Crippen LogP contribution in [0.3, 0.4) is 0 Å². The van der Waals surface area contributed by atoms with Crippen molar-refractivity contribution in [2.75, 3.05) is 18.1 Å². The van der Waals surface area contributed by atoms with Gasteiger partial charge in [0.05, 0.1) is 12.7 Å². The predicted molar refractivity (Wildman–Crippen MR) is 65.0 cm³/mol. The van der Waals surface area contributed by atoms with Gasteiger partial charge in [0.25, 0.3) is 0 Å². The van der Waals surface area contributed by atoms with Gasteiger partial charge in [0, 0.05) is 17.9 Å². The number of hydrogen-bond donors (Lipinski definition) is 2. The molecule has 1 aliphatic heterocycles. The van der Waals surface area contributed by atoms with Crippen molar-refractivity contribution in [3.63, 3.8) is 0 Å². The second-order valence-corrected chi connectivity index (χ2v) is 5.00. The zero-order chi connectivity index (χ0) is 11.4. The van der Waals surface area contributed by atoms with Gasteiger partial charge >= 0.3 is 0 Å². The van der Waals surface area contributed by atoms with Crippen LogP contribution in [0.4, 0.5) is 0 Å². The summed E-state index contributed by atoms with van der Waals surface area (Å²) >= 11 is 1.62. The number of fused-ring (bicyclic) bond motifs is 1. The van der Waals surface area contributed by atoms with Gasteiger partial charge in [-0.2, -0.15) is 11.8 Å². The van der Waals surface area contributed by atoms with E-state index in [-0.39, 0.29) is 12.7 Å². The van der Waals surface area contributed by atoms with Gasteiger partial charge in [-0.05, 0) is 11.6 Å². The number of hydrogen-bond acceptors (Lipinski definition) is 4. The van der Waals surface area contributed by atoms with E-state index < -0.39 is 6.10 Å². The quantitative estimate of drug-likeness (QED) is 0.808. The lowest BCUT2D eigenvalue weighted by atomic mass is 10.1. The van der Waals surface area contributed by atoms with Crippen molar-refractivity contribution in [3.8, 4) is 5.75 Å². The topological polar surface area (TPSA) is 49.7 Å². The number of ether oxygens (including phenoxy) is 1. The molecule has 0 aromatic heterocycles. The van der Waals surface area contributed by atoms with Gasteiger partial charge in [-0.3, -0.25) is 0 Å². The third-order valence-corrected chi connectivity index (χ3v) is 3.77. The number of rotatable bonds is 5. The summed E-state index contributed by atoms with van der Waals surface area (Å²) in [5, 5.41) is 17.9. The lowest BCUT2D eigenvalue weighted by Gasteiger charge is -2.11. The minimum absolute atomic E-state index is 0.168. The van der Waals surface area contributed by atoms with Crippen molar-refractivity contribution >= 4 is 11.8 Å². The molecule has 88 valence electrons. The van der Waals surface area contributed by atoms with Crippen LogP contribution in [0, 0.1) is 0 Å². The second kappa shape index (κ2) is 5.57. The number of aliphatic hydroxyl groups is 2. The van der Waals surface area contributed by atoms with E-state index in [9.17, 15) is 5.11 Å². The van der Waals surface area contributed by atoms with E-state index in [1.54, 1.807) is 11.8 Å². The van der Waals surface area contributed by atoms with Crippen molar-refractivity contribution in [3.05, 3.63) is 29.8 Å². The molecule has 1 heterocycles. The maximum atomic E-state index is 9.19. The molecule has 4 heteroatoms. The van der Waals surface area contributed by atoms with Crippen molar-refractivity contribution in [1.82, 2.24) is 0 Å². The van der Waals surface area contributed by atoms with Crippen LogP contribution in [0.2, 0.25) is 0 Å². The first kappa shape index (κ1) is 11.8. The molecule has 0 spiro atoms. The highest BCUT2D eigenvalue weighted by Gasteiger charge is 2.22. The molecule has 0 amide bonds. The minimum Gasteiger partial charge on any atom is -0.489 e. The van der Waals surface area contributed by atoms with Crippen LogP contribution in [0.5, 0.6) is 5.75 Å². The van der Waals surface area contributed by atoms with Gasteiger partial charge in [-0.25, -0.2) is 0 Å². The molecule has 0 fully saturated rings. The van der Waals surface area contributed by atoms with Crippen LogP contribution < -0.4 is 4.74 Å². The van der Waals surface area contributed by atoms with Gasteiger partial charge in [-0.1, -0.05) is 18.2 Å². The monoisotopic (exact) mass is 240 g/mol. The summed E-state index contributed by atoms with van der Waals surface area (Å²) < 4.78 is 5.76. The Morgan fingerprint density at radius 3 is 3.00 bits per heavy atom. The Morgan fingerprint density at radius 1 is 1.44 bits per heavy atom. The molecule has 3 nitrogen and oxygen atoms in total. The number of aliphatic hydroxyl groups excluding tert-OH is 2. The van der Waals surface area contributed by atoms with Crippen molar-refractivity contribution in [2.24, 2.45) is 0 Å². The third kappa shape index (κ3) is 2.90. The average molecular weight is 240 g/mol. The van der Waals surface area contributed by atoms with Crippen molar-refractivity contribution in [2.45, 2.75) is 18.6 Å². The van der Waals surface area contributed by atoms with E-state index in [0.717, 1.165) is 17.9 Å². The smallest absolute Gasteiger partial charge is 0.123 e. The molecular formula is C12H16O3S. The van der Waals surface area contributed by atoms with Crippen molar-refractivity contribution in [1.29, 1.82) is 0 Å². The zero-order valence-corrected chi connectivity index (χ0v) is 9.82. The molecule has 2 atom stereocenters. The van der Waals surface area contributed by atoms with E-state index >= 15 is 0 Å². The van der Waals surface area contributed by atoms with Gasteiger partial charge in [0.1, 0.15) is 11.9 Å². The minimum atomic E-state index is -0.617. The fraction of sp³-hybridized carbons (Fsp3) is 0.500. The summed E-state index contributed by atoms with van der Waals surface area (Å²) in [5.41, 5.74) is 1.26. The molecule has 1 aromatic rings. The van der Waals surface area contributed by atoms with Crippen LogP contribution in [0.1, 0.15) is 5.56 Å². The highest BCUT2D eigenvalue weighted by Crippen LogP contribution is 2.29. The van der Waals surface area contributed by atoms with Crippen LogP contribution in [0.25, 0.3) is 0 Å². The molecule has 0 radical (unpaired) electrons. The summed E-state index contributed by atoms with van der Waals surface area (Å²) in [4.78, 5) is 0. The molecule has 0 aliphatic carbocycles. The molecule has 0 saturated heterocycles. The van der Waals surface area contributed by atoms with Crippen LogP contribution in [0.15, 0.2) is 24.3 Å². The number of para-hydroxylation sites is 1. The van der Waals surface area contributed by atoms with E-state index in [4.69, 9.17) is 9.84 Å². The lowest BCUT2D eigenvalue weighted by molar-refractivity contribution is 0.113. The van der Waals surface area contributed by atoms with Gasteiger partial charge in [0.2, 0.25) is 0 Å². The van der Waals surface area contributed by atoms with Gasteiger partial charge in [-0.15, -0.1) is 0 Å². The van der Waals surface area contributed by atoms with E-state index in [1.165, 1.54) is 5.56 Å². The van der Waals surface area contributed by atoms with E-state index in [1.807, 2.05) is 18.2 Å². The molecule has 2 rings (SSSR count). The van der Waals surface area contributed by atoms with E-state index in [0.29, 0.717) is 5.75 Å². The molecule has 16 heavy (non-hydrogen) atoms. The van der Waals surface area contributed by atoms with E-state index in [2.05, 4.69) is 6.07 Å². The Labute approximate surface area is 99.4 Å². The van der Waals surface area contributed by atoms with Crippen LogP contribution in [-0.4, -0.2) is 40.5 Å². The summed E-state index contributed by atoms with van der Waals surface area (Å²) in [6.45, 7) is -0.168. The Morgan fingerprint density at radius 2 is 2.25 bits per heavy atom. The normalized spacial score (nSPS) is 20.2. The predicted octanol–water partition coefficient (Wildman–Crippen LogP) is 1.08. The maximum Gasteiger partial charge on any atom is 0.123 e. The van der Waals surface area contributed by atoms with Crippen LogP contribution >= 0.6 is 11.8 Å². The second-order valence-electron chi connectivity index (χ2n) is 3.93. The molecule has 0 saturated carbocycles. The zero-order valence-electron chi connectivity index (χ0n) is 9.00. The SMILES string of the molecule is OCC(O)CSCC1Cc2ccccc2O1. The molecule has 0 bridgehead atoms. The summed E-state index contributed by atoms with van der Waals surface area (Å²) in [6, 6.07) is 8.07. The van der Waals surface area contributed by atoms with Gasteiger partial charge < -0.3 is 14.9 Å². The van der Waals surface area contributed by atoms with Crippen LogP contribution in [-0.2, 0) is 6.42 Å². The summed E-state index contributed by atoms with van der Waals surface area (Å²) in [6.07, 6.45) is 0.528. The summed E-state index contributed by atoms with van der Waals surface area (Å²) in [7, 11) is 0. The average Bonchev–Trinajstić information content (AvgIpc) is 2.71.